The molecule has 0 amide bonds. The number of methoxy groups -OCH3 is 1. The lowest BCUT2D eigenvalue weighted by molar-refractivity contribution is -0.00455. The maximum absolute atomic E-state index is 13.3. The fourth-order valence-corrected chi connectivity index (χ4v) is 4.19. The standard InChI is InChI=1S/C24H19BrN2O3/c1-29-18-12-8-15(9-13-18)20-14-21-19-4-2-3-5-22(19)30-24(27(21)26-20)23(28)16-6-10-17(25)11-7-16/h2-13,21,24H,14H2,1H3. The molecule has 0 aliphatic carbocycles. The molecule has 0 bridgehead atoms. The number of benzene rings is 3. The zero-order valence-corrected chi connectivity index (χ0v) is 17.9. The van der Waals surface area contributed by atoms with Gasteiger partial charge in [-0.1, -0.05) is 46.3 Å². The minimum Gasteiger partial charge on any atom is -0.497 e. The molecule has 2 unspecified atom stereocenters. The van der Waals surface area contributed by atoms with Crippen LogP contribution in [-0.4, -0.2) is 29.8 Å². The number of ether oxygens (including phenoxy) is 2. The summed E-state index contributed by atoms with van der Waals surface area (Å²) in [6.07, 6.45) is -0.0987. The molecular weight excluding hydrogens is 444 g/mol. The molecule has 3 aromatic carbocycles. The number of carbonyl (C=O) groups excluding carboxylic acids is 1. The van der Waals surface area contributed by atoms with Crippen LogP contribution in [-0.2, 0) is 0 Å². The number of hydrogen-bond acceptors (Lipinski definition) is 5. The largest absolute Gasteiger partial charge is 0.497 e. The van der Waals surface area contributed by atoms with Crippen molar-refractivity contribution in [3.63, 3.8) is 0 Å². The number of hydrogen-bond donors (Lipinski definition) is 0. The van der Waals surface area contributed by atoms with E-state index in [-0.39, 0.29) is 11.8 Å². The van der Waals surface area contributed by atoms with E-state index in [1.807, 2.05) is 65.7 Å². The number of fused-ring (bicyclic) bond motifs is 3. The van der Waals surface area contributed by atoms with Crippen molar-refractivity contribution in [2.75, 3.05) is 7.11 Å². The summed E-state index contributed by atoms with van der Waals surface area (Å²) in [6.45, 7) is 0. The molecule has 0 aromatic heterocycles. The van der Waals surface area contributed by atoms with Crippen molar-refractivity contribution in [2.24, 2.45) is 5.10 Å². The van der Waals surface area contributed by atoms with Crippen molar-refractivity contribution < 1.29 is 14.3 Å². The summed E-state index contributed by atoms with van der Waals surface area (Å²) in [5.74, 6) is 1.43. The summed E-state index contributed by atoms with van der Waals surface area (Å²) in [5.41, 5.74) is 3.58. The van der Waals surface area contributed by atoms with Gasteiger partial charge in [-0.3, -0.25) is 4.79 Å². The topological polar surface area (TPSA) is 51.1 Å². The summed E-state index contributed by atoms with van der Waals surface area (Å²) < 4.78 is 12.3. The number of halogens is 1. The molecule has 2 aliphatic heterocycles. The van der Waals surface area contributed by atoms with E-state index in [2.05, 4.69) is 15.9 Å². The summed E-state index contributed by atoms with van der Waals surface area (Å²) in [4.78, 5) is 13.3. The number of Topliss-reactive ketones (excluding diaryl/α,β-unsaturated/α-hetero) is 1. The molecule has 0 saturated carbocycles. The predicted octanol–water partition coefficient (Wildman–Crippen LogP) is 5.21. The fraction of sp³-hybridized carbons (Fsp3) is 0.167. The highest BCUT2D eigenvalue weighted by molar-refractivity contribution is 9.10. The third kappa shape index (κ3) is 3.27. The molecule has 5 nitrogen and oxygen atoms in total. The quantitative estimate of drug-likeness (QED) is 0.499. The van der Waals surface area contributed by atoms with E-state index in [0.717, 1.165) is 32.8 Å². The molecular formula is C24H19BrN2O3. The van der Waals surface area contributed by atoms with Crippen LogP contribution in [0.2, 0.25) is 0 Å². The Morgan fingerprint density at radius 2 is 1.80 bits per heavy atom. The number of nitrogens with zero attached hydrogens (tertiary/aromatic N) is 2. The van der Waals surface area contributed by atoms with Crippen molar-refractivity contribution in [1.82, 2.24) is 5.01 Å². The van der Waals surface area contributed by atoms with Gasteiger partial charge in [-0.2, -0.15) is 5.10 Å². The molecule has 0 fully saturated rings. The molecule has 3 aromatic rings. The summed E-state index contributed by atoms with van der Waals surface area (Å²) in [6, 6.07) is 23.0. The van der Waals surface area contributed by atoms with Gasteiger partial charge in [0.05, 0.1) is 18.9 Å². The van der Waals surface area contributed by atoms with Gasteiger partial charge in [0.2, 0.25) is 5.78 Å². The molecule has 2 atom stereocenters. The fourth-order valence-electron chi connectivity index (χ4n) is 3.92. The third-order valence-corrected chi connectivity index (χ3v) is 6.00. The zero-order chi connectivity index (χ0) is 20.7. The van der Waals surface area contributed by atoms with E-state index in [0.29, 0.717) is 12.0 Å². The summed E-state index contributed by atoms with van der Waals surface area (Å²) in [7, 11) is 1.65. The Hall–Kier alpha value is -3.12. The van der Waals surface area contributed by atoms with Gasteiger partial charge in [0.1, 0.15) is 11.5 Å². The predicted molar refractivity (Wildman–Crippen MR) is 118 cm³/mol. The molecule has 0 spiro atoms. The Bertz CT molecular complexity index is 1130. The van der Waals surface area contributed by atoms with Crippen LogP contribution in [0.1, 0.15) is 33.9 Å². The van der Waals surface area contributed by atoms with Crippen molar-refractivity contribution >= 4 is 27.4 Å². The van der Waals surface area contributed by atoms with E-state index in [9.17, 15) is 4.79 Å². The van der Waals surface area contributed by atoms with Gasteiger partial charge < -0.3 is 9.47 Å². The van der Waals surface area contributed by atoms with Crippen LogP contribution in [0.25, 0.3) is 0 Å². The van der Waals surface area contributed by atoms with Crippen molar-refractivity contribution in [3.8, 4) is 11.5 Å². The van der Waals surface area contributed by atoms with Crippen LogP contribution in [0.4, 0.5) is 0 Å². The van der Waals surface area contributed by atoms with Gasteiger partial charge in [0.15, 0.2) is 0 Å². The molecule has 6 heteroatoms. The average molecular weight is 463 g/mol. The summed E-state index contributed by atoms with van der Waals surface area (Å²) >= 11 is 3.42. The molecule has 0 N–H and O–H groups in total. The van der Waals surface area contributed by atoms with E-state index in [4.69, 9.17) is 14.6 Å². The van der Waals surface area contributed by atoms with Gasteiger partial charge in [-0.15, -0.1) is 0 Å². The minimum absolute atomic E-state index is 0.0450. The minimum atomic E-state index is -0.804. The maximum Gasteiger partial charge on any atom is 0.251 e. The van der Waals surface area contributed by atoms with Crippen molar-refractivity contribution in [1.29, 1.82) is 0 Å². The van der Waals surface area contributed by atoms with Crippen LogP contribution in [0.3, 0.4) is 0 Å². The van der Waals surface area contributed by atoms with E-state index in [1.165, 1.54) is 0 Å². The SMILES string of the molecule is COc1ccc(C2=NN3C(C(=O)c4ccc(Br)cc4)Oc4ccccc4C3C2)cc1. The molecule has 2 heterocycles. The van der Waals surface area contributed by atoms with Crippen molar-refractivity contribution in [3.05, 3.63) is 94.0 Å². The highest BCUT2D eigenvalue weighted by Crippen LogP contribution is 2.43. The lowest BCUT2D eigenvalue weighted by atomic mass is 9.96. The molecule has 150 valence electrons. The smallest absolute Gasteiger partial charge is 0.251 e. The zero-order valence-electron chi connectivity index (χ0n) is 16.3. The second-order valence-corrected chi connectivity index (χ2v) is 8.17. The Morgan fingerprint density at radius 1 is 1.07 bits per heavy atom. The molecule has 5 rings (SSSR count). The van der Waals surface area contributed by atoms with Gasteiger partial charge in [-0.25, -0.2) is 5.01 Å². The van der Waals surface area contributed by atoms with Gasteiger partial charge >= 0.3 is 0 Å². The van der Waals surface area contributed by atoms with Crippen LogP contribution < -0.4 is 9.47 Å². The second-order valence-electron chi connectivity index (χ2n) is 7.25. The number of rotatable bonds is 4. The number of ketones is 1. The monoisotopic (exact) mass is 462 g/mol. The van der Waals surface area contributed by atoms with E-state index >= 15 is 0 Å². The lowest BCUT2D eigenvalue weighted by Crippen LogP contribution is -2.45. The first-order chi connectivity index (χ1) is 14.6. The Kier molecular flexibility index (Phi) is 4.79. The van der Waals surface area contributed by atoms with Gasteiger partial charge in [0, 0.05) is 22.0 Å². The summed E-state index contributed by atoms with van der Waals surface area (Å²) in [5, 5.41) is 6.65. The lowest BCUT2D eigenvalue weighted by Gasteiger charge is -2.37. The van der Waals surface area contributed by atoms with Gasteiger partial charge in [0.25, 0.3) is 6.23 Å². The van der Waals surface area contributed by atoms with Crippen LogP contribution >= 0.6 is 15.9 Å². The van der Waals surface area contributed by atoms with Crippen LogP contribution in [0, 0.1) is 0 Å². The second kappa shape index (κ2) is 7.61. The first-order valence-electron chi connectivity index (χ1n) is 9.69. The number of para-hydroxylation sites is 1. The normalized spacial score (nSPS) is 19.4. The van der Waals surface area contributed by atoms with E-state index < -0.39 is 6.23 Å². The van der Waals surface area contributed by atoms with Crippen LogP contribution in [0.5, 0.6) is 11.5 Å². The average Bonchev–Trinajstić information content (AvgIpc) is 3.24. The van der Waals surface area contributed by atoms with Crippen molar-refractivity contribution in [2.45, 2.75) is 18.7 Å². The highest BCUT2D eigenvalue weighted by Gasteiger charge is 2.43. The number of hydrazone groups is 1. The van der Waals surface area contributed by atoms with E-state index in [1.54, 1.807) is 19.2 Å². The molecule has 30 heavy (non-hydrogen) atoms. The Labute approximate surface area is 183 Å². The van der Waals surface area contributed by atoms with Crippen LogP contribution in [0.15, 0.2) is 82.4 Å². The first-order valence-corrected chi connectivity index (χ1v) is 10.5. The highest BCUT2D eigenvalue weighted by atomic mass is 79.9. The maximum atomic E-state index is 13.3. The third-order valence-electron chi connectivity index (χ3n) is 5.48. The Balaban J connectivity index is 1.53. The molecule has 0 radical (unpaired) electrons. The molecule has 0 saturated heterocycles. The Morgan fingerprint density at radius 3 is 2.53 bits per heavy atom. The first kappa shape index (κ1) is 18.9. The molecule has 2 aliphatic rings. The van der Waals surface area contributed by atoms with Gasteiger partial charge in [-0.05, 0) is 48.0 Å². The number of carbonyl (C=O) groups is 1.